The fourth-order valence-corrected chi connectivity index (χ4v) is 6.43. The smallest absolute Gasteiger partial charge is 0.228 e. The summed E-state index contributed by atoms with van der Waals surface area (Å²) < 4.78 is 5.76. The molecule has 5 rings (SSSR count). The van der Waals surface area contributed by atoms with Crippen LogP contribution in [0.4, 0.5) is 0 Å². The highest BCUT2D eigenvalue weighted by atomic mass is 16.5. The molecule has 27 heavy (non-hydrogen) atoms. The maximum atomic E-state index is 13.2. The first-order valence-electron chi connectivity index (χ1n) is 11.2. The molecule has 5 heteroatoms. The minimum atomic E-state index is -0.157. The number of carbonyl (C=O) groups is 2. The van der Waals surface area contributed by atoms with Crippen molar-refractivity contribution in [2.24, 2.45) is 23.2 Å². The van der Waals surface area contributed by atoms with Crippen LogP contribution in [0, 0.1) is 23.2 Å². The van der Waals surface area contributed by atoms with E-state index in [0.29, 0.717) is 5.91 Å². The van der Waals surface area contributed by atoms with E-state index in [9.17, 15) is 9.59 Å². The molecule has 5 aliphatic rings. The summed E-state index contributed by atoms with van der Waals surface area (Å²) in [6.45, 7) is 1.59. The first kappa shape index (κ1) is 18.0. The number of methoxy groups -OCH3 is 1. The van der Waals surface area contributed by atoms with Gasteiger partial charge >= 0.3 is 0 Å². The third kappa shape index (κ3) is 3.10. The number of amides is 2. The molecule has 1 heterocycles. The molecule has 5 nitrogen and oxygen atoms in total. The van der Waals surface area contributed by atoms with Gasteiger partial charge in [-0.05, 0) is 82.5 Å². The zero-order chi connectivity index (χ0) is 18.6. The van der Waals surface area contributed by atoms with Gasteiger partial charge in [0.25, 0.3) is 0 Å². The lowest BCUT2D eigenvalue weighted by molar-refractivity contribution is -0.143. The van der Waals surface area contributed by atoms with Crippen LogP contribution in [0.15, 0.2) is 0 Å². The Balaban J connectivity index is 1.09. The molecule has 1 N–H and O–H groups in total. The molecule has 0 radical (unpaired) electrons. The van der Waals surface area contributed by atoms with Crippen molar-refractivity contribution in [1.29, 1.82) is 0 Å². The highest BCUT2D eigenvalue weighted by molar-refractivity contribution is 5.84. The minimum Gasteiger partial charge on any atom is -0.378 e. The number of nitrogens with zero attached hydrogens (tertiary/aromatic N) is 1. The molecule has 0 spiro atoms. The van der Waals surface area contributed by atoms with Crippen molar-refractivity contribution in [3.05, 3.63) is 0 Å². The molecule has 0 aromatic heterocycles. The summed E-state index contributed by atoms with van der Waals surface area (Å²) in [5, 5.41) is 3.28. The lowest BCUT2D eigenvalue weighted by Crippen LogP contribution is -2.51. The summed E-state index contributed by atoms with van der Waals surface area (Å²) in [6, 6.07) is 0.254. The van der Waals surface area contributed by atoms with Crippen molar-refractivity contribution < 1.29 is 14.3 Å². The normalized spacial score (nSPS) is 41.4. The van der Waals surface area contributed by atoms with E-state index in [4.69, 9.17) is 4.74 Å². The molecule has 0 unspecified atom stereocenters. The Bertz CT molecular complexity index is 607. The number of ether oxygens (including phenoxy) is 1. The van der Waals surface area contributed by atoms with E-state index < -0.39 is 0 Å². The van der Waals surface area contributed by atoms with Crippen LogP contribution >= 0.6 is 0 Å². The zero-order valence-corrected chi connectivity index (χ0v) is 16.7. The van der Waals surface area contributed by atoms with Gasteiger partial charge in [-0.15, -0.1) is 0 Å². The molecule has 2 bridgehead atoms. The van der Waals surface area contributed by atoms with E-state index in [0.717, 1.165) is 82.7 Å². The first-order chi connectivity index (χ1) is 13.0. The summed E-state index contributed by atoms with van der Waals surface area (Å²) >= 11 is 0. The van der Waals surface area contributed by atoms with Crippen LogP contribution in [0.25, 0.3) is 0 Å². The SMILES string of the molecule is COC12CCC(C(=O)N3CCC(NC(=O)C4CC(C5CC5)C4)CC3)(CC1)C2. The number of carbonyl (C=O) groups excluding carboxylic acids is 2. The van der Waals surface area contributed by atoms with Gasteiger partial charge in [0.15, 0.2) is 0 Å². The minimum absolute atomic E-state index is 0.0247. The van der Waals surface area contributed by atoms with Crippen LogP contribution < -0.4 is 5.32 Å². The number of hydrogen-bond donors (Lipinski definition) is 1. The summed E-state index contributed by atoms with van der Waals surface area (Å²) in [7, 11) is 1.80. The van der Waals surface area contributed by atoms with Gasteiger partial charge in [0.1, 0.15) is 0 Å². The third-order valence-electron chi connectivity index (χ3n) is 8.63. The maximum absolute atomic E-state index is 13.2. The molecular formula is C22H34N2O3. The lowest BCUT2D eigenvalue weighted by Gasteiger charge is -2.39. The highest BCUT2D eigenvalue weighted by Gasteiger charge is 2.59. The van der Waals surface area contributed by atoms with E-state index in [1.807, 2.05) is 0 Å². The van der Waals surface area contributed by atoms with E-state index in [2.05, 4.69) is 10.2 Å². The second-order valence-corrected chi connectivity index (χ2v) is 10.2. The molecule has 1 aliphatic heterocycles. The van der Waals surface area contributed by atoms with E-state index in [1.165, 1.54) is 12.8 Å². The number of likely N-dealkylation sites (tertiary alicyclic amines) is 1. The predicted molar refractivity (Wildman–Crippen MR) is 102 cm³/mol. The van der Waals surface area contributed by atoms with Crippen LogP contribution in [0.1, 0.15) is 70.6 Å². The standard InChI is InChI=1S/C22H34N2O3/c1-27-22-8-6-21(14-22,7-9-22)20(26)24-10-4-18(5-11-24)23-19(25)17-12-16(13-17)15-2-3-15/h15-18H,2-14H2,1H3,(H,23,25). The summed E-state index contributed by atoms with van der Waals surface area (Å²) in [6.07, 6.45) is 11.8. The van der Waals surface area contributed by atoms with Crippen molar-refractivity contribution in [2.45, 2.75) is 82.3 Å². The van der Waals surface area contributed by atoms with Gasteiger partial charge in [0.05, 0.1) is 11.0 Å². The quantitative estimate of drug-likeness (QED) is 0.805. The van der Waals surface area contributed by atoms with Gasteiger partial charge in [-0.25, -0.2) is 0 Å². The molecule has 5 fully saturated rings. The molecular weight excluding hydrogens is 340 g/mol. The van der Waals surface area contributed by atoms with Gasteiger partial charge in [0.2, 0.25) is 11.8 Å². The van der Waals surface area contributed by atoms with Gasteiger partial charge in [0, 0.05) is 32.2 Å². The summed E-state index contributed by atoms with van der Waals surface area (Å²) in [5.74, 6) is 2.65. The third-order valence-corrected chi connectivity index (χ3v) is 8.63. The molecule has 1 saturated heterocycles. The zero-order valence-electron chi connectivity index (χ0n) is 16.7. The Hall–Kier alpha value is -1.10. The highest BCUT2D eigenvalue weighted by Crippen LogP contribution is 2.58. The Labute approximate surface area is 162 Å². The molecule has 4 saturated carbocycles. The Morgan fingerprint density at radius 2 is 1.63 bits per heavy atom. The maximum Gasteiger partial charge on any atom is 0.228 e. The van der Waals surface area contributed by atoms with Crippen molar-refractivity contribution >= 4 is 11.8 Å². The second-order valence-electron chi connectivity index (χ2n) is 10.2. The number of fused-ring (bicyclic) bond motifs is 2. The van der Waals surface area contributed by atoms with Gasteiger partial charge in [-0.3, -0.25) is 9.59 Å². The predicted octanol–water partition coefficient (Wildman–Crippen LogP) is 2.88. The molecule has 0 atom stereocenters. The van der Waals surface area contributed by atoms with Gasteiger partial charge < -0.3 is 15.0 Å². The molecule has 4 aliphatic carbocycles. The first-order valence-corrected chi connectivity index (χ1v) is 11.2. The summed E-state index contributed by atoms with van der Waals surface area (Å²) in [4.78, 5) is 27.8. The monoisotopic (exact) mass is 374 g/mol. The van der Waals surface area contributed by atoms with Crippen LogP contribution in [0.5, 0.6) is 0 Å². The number of nitrogens with one attached hydrogen (secondary N) is 1. The average molecular weight is 375 g/mol. The lowest BCUT2D eigenvalue weighted by atomic mass is 9.71. The molecule has 0 aromatic rings. The van der Waals surface area contributed by atoms with E-state index in [1.54, 1.807) is 7.11 Å². The van der Waals surface area contributed by atoms with Crippen molar-refractivity contribution in [3.8, 4) is 0 Å². The second kappa shape index (κ2) is 6.47. The van der Waals surface area contributed by atoms with E-state index >= 15 is 0 Å². The molecule has 0 aromatic carbocycles. The topological polar surface area (TPSA) is 58.6 Å². The molecule has 2 amide bonds. The number of rotatable bonds is 5. The molecule has 150 valence electrons. The largest absolute Gasteiger partial charge is 0.378 e. The van der Waals surface area contributed by atoms with Gasteiger partial charge in [-0.1, -0.05) is 0 Å². The fraction of sp³-hybridized carbons (Fsp3) is 0.909. The van der Waals surface area contributed by atoms with Crippen LogP contribution in [-0.4, -0.2) is 48.6 Å². The number of hydrogen-bond acceptors (Lipinski definition) is 3. The van der Waals surface area contributed by atoms with Crippen molar-refractivity contribution in [1.82, 2.24) is 10.2 Å². The van der Waals surface area contributed by atoms with E-state index in [-0.39, 0.29) is 28.9 Å². The Morgan fingerprint density at radius 3 is 2.19 bits per heavy atom. The summed E-state index contributed by atoms with van der Waals surface area (Å²) in [5.41, 5.74) is -0.182. The Morgan fingerprint density at radius 1 is 0.963 bits per heavy atom. The van der Waals surface area contributed by atoms with Crippen molar-refractivity contribution in [2.75, 3.05) is 20.2 Å². The average Bonchev–Trinajstić information content (AvgIpc) is 3.30. The van der Waals surface area contributed by atoms with Crippen LogP contribution in [0.2, 0.25) is 0 Å². The van der Waals surface area contributed by atoms with Crippen LogP contribution in [0.3, 0.4) is 0 Å². The van der Waals surface area contributed by atoms with Gasteiger partial charge in [-0.2, -0.15) is 0 Å². The number of piperidine rings is 1. The fourth-order valence-electron chi connectivity index (χ4n) is 6.43. The Kier molecular flexibility index (Phi) is 4.30. The van der Waals surface area contributed by atoms with Crippen molar-refractivity contribution in [3.63, 3.8) is 0 Å². The van der Waals surface area contributed by atoms with Crippen LogP contribution in [-0.2, 0) is 14.3 Å².